The second-order valence-corrected chi connectivity index (χ2v) is 6.75. The minimum absolute atomic E-state index is 0.424. The zero-order valence-corrected chi connectivity index (χ0v) is 14.3. The summed E-state index contributed by atoms with van der Waals surface area (Å²) in [5.74, 6) is 0. The molecule has 2 unspecified atom stereocenters. The first-order valence-corrected chi connectivity index (χ1v) is 8.14. The van der Waals surface area contributed by atoms with Crippen molar-refractivity contribution in [3.8, 4) is 0 Å². The van der Waals surface area contributed by atoms with Gasteiger partial charge in [0.15, 0.2) is 0 Å². The number of aryl methyl sites for hydroxylation is 2. The zero-order chi connectivity index (χ0) is 15.4. The predicted molar refractivity (Wildman–Crippen MR) is 90.9 cm³/mol. The molecule has 1 N–H and O–H groups in total. The van der Waals surface area contributed by atoms with Gasteiger partial charge >= 0.3 is 0 Å². The van der Waals surface area contributed by atoms with Crippen LogP contribution in [0.3, 0.4) is 0 Å². The summed E-state index contributed by atoms with van der Waals surface area (Å²) in [5, 5.41) is 3.53. The van der Waals surface area contributed by atoms with Gasteiger partial charge in [-0.15, -0.1) is 0 Å². The predicted octanol–water partition coefficient (Wildman–Crippen LogP) is 2.59. The lowest BCUT2D eigenvalue weighted by atomic mass is 9.98. The molecular weight excluding hydrogens is 258 g/mol. The fraction of sp³-hybridized carbons (Fsp3) is 0.667. The van der Waals surface area contributed by atoms with Crippen LogP contribution < -0.4 is 5.32 Å². The van der Waals surface area contributed by atoms with Crippen LogP contribution in [0, 0.1) is 13.8 Å². The van der Waals surface area contributed by atoms with E-state index in [1.807, 2.05) is 0 Å². The number of nitrogens with one attached hydrogen (secondary N) is 1. The monoisotopic (exact) mass is 289 g/mol. The first-order chi connectivity index (χ1) is 10.0. The van der Waals surface area contributed by atoms with Gasteiger partial charge in [-0.1, -0.05) is 23.8 Å². The molecule has 0 aromatic heterocycles. The van der Waals surface area contributed by atoms with Gasteiger partial charge in [-0.25, -0.2) is 0 Å². The maximum Gasteiger partial charge on any atom is 0.0449 e. The van der Waals surface area contributed by atoms with Gasteiger partial charge in [0.25, 0.3) is 0 Å². The minimum Gasteiger partial charge on any atom is -0.312 e. The molecule has 0 saturated carbocycles. The molecule has 0 amide bonds. The minimum atomic E-state index is 0.424. The van der Waals surface area contributed by atoms with E-state index in [0.29, 0.717) is 12.1 Å². The third kappa shape index (κ3) is 4.29. The maximum atomic E-state index is 3.53. The molecule has 0 aliphatic carbocycles. The number of benzene rings is 1. The lowest BCUT2D eigenvalue weighted by Crippen LogP contribution is -2.41. The quantitative estimate of drug-likeness (QED) is 0.868. The molecule has 1 aromatic rings. The van der Waals surface area contributed by atoms with Crippen molar-refractivity contribution < 1.29 is 0 Å². The van der Waals surface area contributed by atoms with Gasteiger partial charge in [0, 0.05) is 25.2 Å². The van der Waals surface area contributed by atoms with E-state index >= 15 is 0 Å². The van der Waals surface area contributed by atoms with Crippen molar-refractivity contribution in [1.82, 2.24) is 15.1 Å². The normalized spacial score (nSPS) is 21.1. The molecule has 3 nitrogen and oxygen atoms in total. The Balaban J connectivity index is 2.09. The van der Waals surface area contributed by atoms with Crippen molar-refractivity contribution in [2.45, 2.75) is 38.8 Å². The van der Waals surface area contributed by atoms with Crippen LogP contribution in [0.15, 0.2) is 18.2 Å². The second-order valence-electron chi connectivity index (χ2n) is 6.75. The Kier molecular flexibility index (Phi) is 5.80. The van der Waals surface area contributed by atoms with Crippen LogP contribution in [0.2, 0.25) is 0 Å². The van der Waals surface area contributed by atoms with Crippen LogP contribution in [0.25, 0.3) is 0 Å². The van der Waals surface area contributed by atoms with Gasteiger partial charge in [0.05, 0.1) is 0 Å². The molecule has 118 valence electrons. The fourth-order valence-electron chi connectivity index (χ4n) is 3.48. The van der Waals surface area contributed by atoms with E-state index in [2.05, 4.69) is 68.3 Å². The van der Waals surface area contributed by atoms with E-state index in [9.17, 15) is 0 Å². The Morgan fingerprint density at radius 1 is 1.33 bits per heavy atom. The van der Waals surface area contributed by atoms with E-state index < -0.39 is 0 Å². The Morgan fingerprint density at radius 3 is 2.76 bits per heavy atom. The van der Waals surface area contributed by atoms with Crippen LogP contribution in [-0.2, 0) is 0 Å². The Bertz CT molecular complexity index is 456. The highest BCUT2D eigenvalue weighted by molar-refractivity contribution is 5.33. The van der Waals surface area contributed by atoms with Crippen molar-refractivity contribution in [2.75, 3.05) is 40.8 Å². The summed E-state index contributed by atoms with van der Waals surface area (Å²) in [6.45, 7) is 7.92. The Labute approximate surface area is 130 Å². The van der Waals surface area contributed by atoms with Crippen LogP contribution in [-0.4, -0.2) is 56.6 Å². The van der Waals surface area contributed by atoms with Gasteiger partial charge in [-0.2, -0.15) is 0 Å². The molecule has 1 fully saturated rings. The maximum absolute atomic E-state index is 3.53. The molecule has 1 aliphatic heterocycles. The summed E-state index contributed by atoms with van der Waals surface area (Å²) in [6.07, 6.45) is 2.67. The fourth-order valence-corrected chi connectivity index (χ4v) is 3.48. The number of likely N-dealkylation sites (tertiary alicyclic amines) is 1. The molecule has 1 aromatic carbocycles. The van der Waals surface area contributed by atoms with Crippen molar-refractivity contribution in [1.29, 1.82) is 0 Å². The SMILES string of the molecule is CNC(CN1CCCC1CN(C)C)c1cc(C)ccc1C. The summed E-state index contributed by atoms with van der Waals surface area (Å²) in [4.78, 5) is 4.98. The highest BCUT2D eigenvalue weighted by Gasteiger charge is 2.27. The lowest BCUT2D eigenvalue weighted by molar-refractivity contribution is 0.191. The van der Waals surface area contributed by atoms with E-state index in [-0.39, 0.29) is 0 Å². The summed E-state index contributed by atoms with van der Waals surface area (Å²) in [5.41, 5.74) is 4.19. The van der Waals surface area contributed by atoms with Gasteiger partial charge in [0.2, 0.25) is 0 Å². The van der Waals surface area contributed by atoms with Gasteiger partial charge in [-0.3, -0.25) is 4.90 Å². The molecule has 0 bridgehead atoms. The van der Waals surface area contributed by atoms with E-state index in [1.54, 1.807) is 0 Å². The van der Waals surface area contributed by atoms with Crippen LogP contribution in [0.4, 0.5) is 0 Å². The highest BCUT2D eigenvalue weighted by atomic mass is 15.2. The summed E-state index contributed by atoms with van der Waals surface area (Å²) in [6, 6.07) is 7.92. The molecule has 21 heavy (non-hydrogen) atoms. The molecule has 1 aliphatic rings. The topological polar surface area (TPSA) is 18.5 Å². The average Bonchev–Trinajstić information content (AvgIpc) is 2.85. The smallest absolute Gasteiger partial charge is 0.0449 e. The second kappa shape index (κ2) is 7.39. The summed E-state index contributed by atoms with van der Waals surface area (Å²) in [7, 11) is 6.44. The molecule has 0 radical (unpaired) electrons. The largest absolute Gasteiger partial charge is 0.312 e. The van der Waals surface area contributed by atoms with Gasteiger partial charge < -0.3 is 10.2 Å². The molecule has 2 atom stereocenters. The lowest BCUT2D eigenvalue weighted by Gasteiger charge is -2.31. The van der Waals surface area contributed by atoms with Crippen molar-refractivity contribution in [3.05, 3.63) is 34.9 Å². The van der Waals surface area contributed by atoms with E-state index in [4.69, 9.17) is 0 Å². The highest BCUT2D eigenvalue weighted by Crippen LogP contribution is 2.24. The molecular formula is C18H31N3. The van der Waals surface area contributed by atoms with E-state index in [0.717, 1.165) is 6.54 Å². The first kappa shape index (κ1) is 16.5. The Hall–Kier alpha value is -0.900. The van der Waals surface area contributed by atoms with Crippen LogP contribution in [0.1, 0.15) is 35.6 Å². The number of nitrogens with zero attached hydrogens (tertiary/aromatic N) is 2. The van der Waals surface area contributed by atoms with Gasteiger partial charge in [-0.05, 0) is 65.5 Å². The molecule has 1 heterocycles. The Morgan fingerprint density at radius 2 is 2.10 bits per heavy atom. The molecule has 3 heteroatoms. The van der Waals surface area contributed by atoms with Gasteiger partial charge in [0.1, 0.15) is 0 Å². The van der Waals surface area contributed by atoms with Crippen molar-refractivity contribution in [2.24, 2.45) is 0 Å². The third-order valence-corrected chi connectivity index (χ3v) is 4.65. The van der Waals surface area contributed by atoms with Crippen molar-refractivity contribution in [3.63, 3.8) is 0 Å². The molecule has 1 saturated heterocycles. The number of hydrogen-bond acceptors (Lipinski definition) is 3. The molecule has 2 rings (SSSR count). The van der Waals surface area contributed by atoms with E-state index in [1.165, 1.54) is 42.6 Å². The van der Waals surface area contributed by atoms with Crippen LogP contribution in [0.5, 0.6) is 0 Å². The van der Waals surface area contributed by atoms with Crippen molar-refractivity contribution >= 4 is 0 Å². The average molecular weight is 289 g/mol. The summed E-state index contributed by atoms with van der Waals surface area (Å²) < 4.78 is 0. The standard InChI is InChI=1S/C18H31N3/c1-14-8-9-15(2)17(11-14)18(19-3)13-21-10-6-7-16(21)12-20(4)5/h8-9,11,16,18-19H,6-7,10,12-13H2,1-5H3. The zero-order valence-electron chi connectivity index (χ0n) is 14.3. The summed E-state index contributed by atoms with van der Waals surface area (Å²) >= 11 is 0. The number of hydrogen-bond donors (Lipinski definition) is 1. The number of rotatable bonds is 6. The van der Waals surface area contributed by atoms with Crippen LogP contribution >= 0.6 is 0 Å². The first-order valence-electron chi connectivity index (χ1n) is 8.14. The third-order valence-electron chi connectivity index (χ3n) is 4.65. The molecule has 0 spiro atoms. The number of likely N-dealkylation sites (N-methyl/N-ethyl adjacent to an activating group) is 2.